The molecular weight excluding hydrogens is 326 g/mol. The molecule has 25 heavy (non-hydrogen) atoms. The Morgan fingerprint density at radius 3 is 2.52 bits per heavy atom. The van der Waals surface area contributed by atoms with Crippen LogP contribution in [-0.4, -0.2) is 4.98 Å². The van der Waals surface area contributed by atoms with Gasteiger partial charge in [0.15, 0.2) is 0 Å². The van der Waals surface area contributed by atoms with Crippen molar-refractivity contribution in [3.63, 3.8) is 0 Å². The lowest BCUT2D eigenvalue weighted by Gasteiger charge is -2.05. The van der Waals surface area contributed by atoms with E-state index in [1.807, 2.05) is 11.4 Å². The van der Waals surface area contributed by atoms with Gasteiger partial charge in [-0.1, -0.05) is 35.9 Å². The number of allylic oxidation sites excluding steroid dienone is 1. The van der Waals surface area contributed by atoms with E-state index in [0.29, 0.717) is 5.57 Å². The van der Waals surface area contributed by atoms with E-state index in [0.717, 1.165) is 22.0 Å². The molecule has 0 atom stereocenters. The number of thiazole rings is 1. The average Bonchev–Trinajstić information content (AvgIpc) is 3.09. The summed E-state index contributed by atoms with van der Waals surface area (Å²) < 4.78 is 0. The van der Waals surface area contributed by atoms with Gasteiger partial charge in [-0.25, -0.2) is 4.98 Å². The number of nitrogens with zero attached hydrogens (tertiary/aromatic N) is 2. The zero-order valence-corrected chi connectivity index (χ0v) is 15.3. The summed E-state index contributed by atoms with van der Waals surface area (Å²) in [5, 5.41) is 15.4. The first-order chi connectivity index (χ1) is 12.1. The number of benzene rings is 2. The van der Waals surface area contributed by atoms with E-state index in [-0.39, 0.29) is 0 Å². The van der Waals surface area contributed by atoms with Crippen LogP contribution in [0.3, 0.4) is 0 Å². The molecule has 1 aromatic heterocycles. The summed E-state index contributed by atoms with van der Waals surface area (Å²) in [7, 11) is 0. The molecule has 0 aliphatic heterocycles. The van der Waals surface area contributed by atoms with Gasteiger partial charge in [-0.3, -0.25) is 0 Å². The Morgan fingerprint density at radius 2 is 1.84 bits per heavy atom. The number of rotatable bonds is 4. The molecule has 4 heteroatoms. The fraction of sp³-hybridized carbons (Fsp3) is 0.143. The molecule has 2 aromatic carbocycles. The third kappa shape index (κ3) is 3.96. The van der Waals surface area contributed by atoms with Crippen molar-refractivity contribution in [2.45, 2.75) is 20.8 Å². The van der Waals surface area contributed by atoms with E-state index in [9.17, 15) is 5.26 Å². The second kappa shape index (κ2) is 7.33. The van der Waals surface area contributed by atoms with Crippen LogP contribution in [0.15, 0.2) is 54.0 Å². The summed E-state index contributed by atoms with van der Waals surface area (Å²) >= 11 is 1.48. The monoisotopic (exact) mass is 345 g/mol. The molecule has 0 aliphatic carbocycles. The number of aryl methyl sites for hydroxylation is 3. The van der Waals surface area contributed by atoms with Gasteiger partial charge < -0.3 is 5.32 Å². The third-order valence-electron chi connectivity index (χ3n) is 4.09. The second-order valence-electron chi connectivity index (χ2n) is 6.02. The summed E-state index contributed by atoms with van der Waals surface area (Å²) in [6, 6.07) is 16.6. The van der Waals surface area contributed by atoms with Gasteiger partial charge in [0, 0.05) is 22.8 Å². The lowest BCUT2D eigenvalue weighted by molar-refractivity contribution is 1.33. The summed E-state index contributed by atoms with van der Waals surface area (Å²) in [4.78, 5) is 4.61. The smallest absolute Gasteiger partial charge is 0.136 e. The topological polar surface area (TPSA) is 48.7 Å². The molecular formula is C21H19N3S. The molecule has 0 bridgehead atoms. The zero-order valence-electron chi connectivity index (χ0n) is 14.5. The highest BCUT2D eigenvalue weighted by atomic mass is 32.1. The van der Waals surface area contributed by atoms with Gasteiger partial charge in [0.1, 0.15) is 16.6 Å². The molecule has 0 fully saturated rings. The van der Waals surface area contributed by atoms with Crippen LogP contribution in [0.5, 0.6) is 0 Å². The normalized spacial score (nSPS) is 11.2. The van der Waals surface area contributed by atoms with E-state index < -0.39 is 0 Å². The van der Waals surface area contributed by atoms with E-state index in [2.05, 4.69) is 73.5 Å². The predicted octanol–water partition coefficient (Wildman–Crippen LogP) is 5.71. The Bertz CT molecular complexity index is 960. The number of hydrogen-bond donors (Lipinski definition) is 1. The molecule has 0 aliphatic rings. The van der Waals surface area contributed by atoms with E-state index in [4.69, 9.17) is 0 Å². The quantitative estimate of drug-likeness (QED) is 0.616. The molecule has 3 nitrogen and oxygen atoms in total. The predicted molar refractivity (Wildman–Crippen MR) is 105 cm³/mol. The maximum atomic E-state index is 9.48. The fourth-order valence-electron chi connectivity index (χ4n) is 2.38. The van der Waals surface area contributed by atoms with Crippen LogP contribution >= 0.6 is 11.3 Å². The van der Waals surface area contributed by atoms with Crippen molar-refractivity contribution in [1.82, 2.24) is 4.98 Å². The molecule has 1 heterocycles. The van der Waals surface area contributed by atoms with Gasteiger partial charge in [0.05, 0.1) is 5.69 Å². The van der Waals surface area contributed by atoms with Crippen LogP contribution in [0.4, 0.5) is 5.69 Å². The van der Waals surface area contributed by atoms with Crippen LogP contribution in [-0.2, 0) is 0 Å². The van der Waals surface area contributed by atoms with Crippen molar-refractivity contribution < 1.29 is 0 Å². The second-order valence-corrected chi connectivity index (χ2v) is 6.88. The highest BCUT2D eigenvalue weighted by Crippen LogP contribution is 2.26. The Labute approximate surface area is 152 Å². The summed E-state index contributed by atoms with van der Waals surface area (Å²) in [5.41, 5.74) is 7.13. The lowest BCUT2D eigenvalue weighted by Crippen LogP contribution is -1.92. The van der Waals surface area contributed by atoms with Crippen LogP contribution < -0.4 is 5.32 Å². The SMILES string of the molecule is Cc1ccc(-c2csc(/C(C#N)=C/Nc3ccc(C)c(C)c3)n2)cc1. The molecule has 0 amide bonds. The van der Waals surface area contributed by atoms with Crippen molar-refractivity contribution in [2.24, 2.45) is 0 Å². The van der Waals surface area contributed by atoms with Crippen molar-refractivity contribution in [1.29, 1.82) is 5.26 Å². The van der Waals surface area contributed by atoms with Gasteiger partial charge in [-0.2, -0.15) is 5.26 Å². The Morgan fingerprint density at radius 1 is 1.08 bits per heavy atom. The minimum absolute atomic E-state index is 0.529. The molecule has 0 saturated carbocycles. The first-order valence-electron chi connectivity index (χ1n) is 8.04. The van der Waals surface area contributed by atoms with Crippen molar-refractivity contribution >= 4 is 22.6 Å². The van der Waals surface area contributed by atoms with Crippen LogP contribution in [0, 0.1) is 32.1 Å². The summed E-state index contributed by atoms with van der Waals surface area (Å²) in [6.45, 7) is 6.22. The number of anilines is 1. The summed E-state index contributed by atoms with van der Waals surface area (Å²) in [5.74, 6) is 0. The highest BCUT2D eigenvalue weighted by molar-refractivity contribution is 7.11. The van der Waals surface area contributed by atoms with Crippen molar-refractivity contribution in [2.75, 3.05) is 5.32 Å². The third-order valence-corrected chi connectivity index (χ3v) is 4.97. The first-order valence-corrected chi connectivity index (χ1v) is 8.92. The Balaban J connectivity index is 1.82. The molecule has 124 valence electrons. The molecule has 3 aromatic rings. The fourth-order valence-corrected chi connectivity index (χ4v) is 3.18. The van der Waals surface area contributed by atoms with Crippen LogP contribution in [0.2, 0.25) is 0 Å². The number of nitriles is 1. The number of aromatic nitrogens is 1. The Kier molecular flexibility index (Phi) is 4.97. The molecule has 0 unspecified atom stereocenters. The van der Waals surface area contributed by atoms with Crippen molar-refractivity contribution in [3.8, 4) is 17.3 Å². The zero-order chi connectivity index (χ0) is 17.8. The number of nitrogens with one attached hydrogen (secondary N) is 1. The van der Waals surface area contributed by atoms with Gasteiger partial charge in [0.2, 0.25) is 0 Å². The largest absolute Gasteiger partial charge is 0.360 e. The van der Waals surface area contributed by atoms with E-state index in [1.54, 1.807) is 6.20 Å². The van der Waals surface area contributed by atoms with Crippen molar-refractivity contribution in [3.05, 3.63) is 75.7 Å². The lowest BCUT2D eigenvalue weighted by atomic mass is 10.1. The average molecular weight is 345 g/mol. The standard InChI is InChI=1S/C21H19N3S/c1-14-4-7-17(8-5-14)20-13-25-21(24-20)18(11-22)12-23-19-9-6-15(2)16(3)10-19/h4-10,12-13,23H,1-3H3/b18-12+. The minimum Gasteiger partial charge on any atom is -0.360 e. The first kappa shape index (κ1) is 16.9. The molecule has 0 saturated heterocycles. The van der Waals surface area contributed by atoms with E-state index in [1.165, 1.54) is 28.0 Å². The van der Waals surface area contributed by atoms with E-state index >= 15 is 0 Å². The van der Waals surface area contributed by atoms with Crippen LogP contribution in [0.1, 0.15) is 21.7 Å². The van der Waals surface area contributed by atoms with Gasteiger partial charge in [-0.15, -0.1) is 11.3 Å². The molecule has 0 radical (unpaired) electrons. The number of hydrogen-bond acceptors (Lipinski definition) is 4. The minimum atomic E-state index is 0.529. The summed E-state index contributed by atoms with van der Waals surface area (Å²) in [6.07, 6.45) is 1.72. The van der Waals surface area contributed by atoms with Gasteiger partial charge in [-0.05, 0) is 44.0 Å². The molecule has 3 rings (SSSR count). The molecule has 1 N–H and O–H groups in total. The van der Waals surface area contributed by atoms with Gasteiger partial charge >= 0.3 is 0 Å². The molecule has 0 spiro atoms. The van der Waals surface area contributed by atoms with Gasteiger partial charge in [0.25, 0.3) is 0 Å². The van der Waals surface area contributed by atoms with Crippen LogP contribution in [0.25, 0.3) is 16.8 Å². The maximum Gasteiger partial charge on any atom is 0.136 e. The maximum absolute atomic E-state index is 9.48. The highest BCUT2D eigenvalue weighted by Gasteiger charge is 2.09. The Hall–Kier alpha value is -2.90.